The molecule has 6 atom stereocenters. The molecule has 1 aliphatic rings. The van der Waals surface area contributed by atoms with Crippen molar-refractivity contribution in [3.05, 3.63) is 249 Å². The third-order valence-corrected chi connectivity index (χ3v) is 21.7. The molecule has 0 aliphatic carbocycles. The van der Waals surface area contributed by atoms with Crippen LogP contribution in [0.15, 0.2) is 182 Å². The molecule has 48 heteroatoms. The summed E-state index contributed by atoms with van der Waals surface area (Å²) >= 11 is 0. The molecule has 145 heavy (non-hydrogen) atoms. The molecule has 12 aromatic rings. The van der Waals surface area contributed by atoms with Crippen LogP contribution in [0.3, 0.4) is 0 Å². The summed E-state index contributed by atoms with van der Waals surface area (Å²) < 4.78 is 60.4. The fourth-order valence-corrected chi connectivity index (χ4v) is 14.1. The summed E-state index contributed by atoms with van der Waals surface area (Å²) in [6, 6.07) is 29.3. The highest BCUT2D eigenvalue weighted by Gasteiger charge is 2.56. The van der Waals surface area contributed by atoms with E-state index in [-0.39, 0.29) is 5.78 Å². The van der Waals surface area contributed by atoms with Gasteiger partial charge in [0.25, 0.3) is 0 Å². The monoisotopic (exact) mass is 2010 g/mol. The maximum atomic E-state index is 15.3. The van der Waals surface area contributed by atoms with E-state index < -0.39 is 331 Å². The lowest BCUT2D eigenvalue weighted by molar-refractivity contribution is -0.282. The number of phenols is 25. The largest absolute Gasteiger partial charge is 0.504 e. The minimum Gasteiger partial charge on any atom is -0.504 e. The summed E-state index contributed by atoms with van der Waals surface area (Å²) in [7, 11) is 4.14. The minimum absolute atomic E-state index is 0.281. The zero-order valence-corrected chi connectivity index (χ0v) is 74.5. The van der Waals surface area contributed by atoms with Crippen LogP contribution < -0.4 is 23.7 Å². The van der Waals surface area contributed by atoms with Gasteiger partial charge in [-0.15, -0.1) is 0 Å². The summed E-state index contributed by atoms with van der Waals surface area (Å²) in [4.78, 5) is 158. The van der Waals surface area contributed by atoms with Gasteiger partial charge in [-0.25, -0.2) is 47.9 Å². The van der Waals surface area contributed by atoms with Gasteiger partial charge in [0.1, 0.15) is 18.5 Å². The normalized spacial score (nSPS) is 14.4. The van der Waals surface area contributed by atoms with Crippen molar-refractivity contribution in [3.8, 4) is 172 Å². The van der Waals surface area contributed by atoms with Crippen LogP contribution in [0.1, 0.15) is 141 Å². The molecule has 13 rings (SSSR count). The van der Waals surface area contributed by atoms with Crippen molar-refractivity contribution < 1.29 is 233 Å². The van der Waals surface area contributed by atoms with Gasteiger partial charge in [-0.05, 0) is 160 Å². The molecule has 0 radical (unpaired) electrons. The Morgan fingerprint density at radius 3 is 0.738 bits per heavy atom. The third-order valence-electron chi connectivity index (χ3n) is 21.7. The first-order chi connectivity index (χ1) is 68.4. The summed E-state index contributed by atoms with van der Waals surface area (Å²) in [5, 5.41) is 261. The average molecular weight is 2010 g/mol. The van der Waals surface area contributed by atoms with Crippen LogP contribution in [0.4, 0.5) is 0 Å². The Balaban J connectivity index is 0.000000712. The number of rotatable bonds is 28. The summed E-state index contributed by atoms with van der Waals surface area (Å²) in [6.45, 7) is 2.44. The van der Waals surface area contributed by atoms with Crippen molar-refractivity contribution in [1.29, 1.82) is 0 Å². The Morgan fingerprint density at radius 2 is 0.497 bits per heavy atom. The fraction of sp³-hybridized carbons (Fsp3) is 0.144. The number of benzene rings is 12. The topological polar surface area (TPSA) is 798 Å². The number of ketones is 1. The highest BCUT2D eigenvalue weighted by molar-refractivity contribution is 6.01. The second kappa shape index (κ2) is 42.5. The maximum absolute atomic E-state index is 15.3. The minimum atomic E-state index is -3.12. The fourth-order valence-electron chi connectivity index (χ4n) is 14.1. The molecule has 1 unspecified atom stereocenters. The number of carbonyl (C=O) groups is 11. The maximum Gasteiger partial charge on any atom is 0.343 e. The summed E-state index contributed by atoms with van der Waals surface area (Å²) in [5.41, 5.74) is -8.29. The Hall–Kier alpha value is -20.1. The van der Waals surface area contributed by atoms with Gasteiger partial charge in [0, 0.05) is 12.5 Å². The van der Waals surface area contributed by atoms with Crippen LogP contribution in [0.25, 0.3) is 0 Å². The Bertz CT molecular complexity index is 7040. The van der Waals surface area contributed by atoms with Gasteiger partial charge in [-0.1, -0.05) is 67.6 Å². The number of phenolic OH excluding ortho intramolecular Hbond substituents is 25. The predicted octanol–water partition coefficient (Wildman–Crippen LogP) is 9.13. The van der Waals surface area contributed by atoms with Crippen molar-refractivity contribution in [2.75, 3.05) is 20.7 Å². The lowest BCUT2D eigenvalue weighted by Gasteiger charge is -2.43. The first kappa shape index (κ1) is 104. The molecule has 1 aliphatic heterocycles. The summed E-state index contributed by atoms with van der Waals surface area (Å²) in [5.74, 6) is -55.7. The standard InChI is InChI=1S/C76H52O46.C21H27NO/c77-32-1-22(2-33(78)53(32)92)67(103)113-47-16-27(11-42(87)58(47)97)66(102)112-21-52-63(119-72(108)28-12-43(88)59(98)48(17-28)114-68(104)23-3-34(79)54(93)35(80)4-23)64(120-73(109)29-13-44(89)60(99)49(18-29)115-69(105)24-5-36(81)55(94)37(82)6-24)65(121-74(110)30-14-45(90)61(100)50(19-30)116-70(106)25-7-38(83)56(95)39(84)8-25)76(118-52)122-75(111)31-15-46(91)62(101)51(20-31)117-71(107)26-9-40(85)57(96)41(86)10-26;1-5-20(23)21(16-17(2)22(3)4,18-12-8-6-9-13-18)19-14-10-7-11-15-19/h1-20,52,63-65,76-101H,21H2;6-15,17H,5,16H2,1-4H3/t52-,63-,64+,65-,76+;/m1./s1. The molecule has 1 saturated heterocycles. The molecule has 25 N–H and O–H groups in total. The second-order valence-electron chi connectivity index (χ2n) is 31.6. The second-order valence-corrected chi connectivity index (χ2v) is 31.6. The lowest BCUT2D eigenvalue weighted by Crippen LogP contribution is -2.63. The molecule has 1 heterocycles. The van der Waals surface area contributed by atoms with E-state index in [4.69, 9.17) is 52.1 Å². The number of ether oxygens (including phenoxy) is 11. The molecule has 0 aromatic heterocycles. The van der Waals surface area contributed by atoms with Gasteiger partial charge in [0.15, 0.2) is 156 Å². The van der Waals surface area contributed by atoms with Gasteiger partial charge >= 0.3 is 59.7 Å². The molecule has 0 saturated carbocycles. The highest BCUT2D eigenvalue weighted by Crippen LogP contribution is 2.49. The van der Waals surface area contributed by atoms with E-state index in [0.29, 0.717) is 134 Å². The summed E-state index contributed by atoms with van der Waals surface area (Å²) in [6.07, 6.45) is -13.7. The molecule has 12 aromatic carbocycles. The Kier molecular flexibility index (Phi) is 30.4. The van der Waals surface area contributed by atoms with Crippen LogP contribution in [0.2, 0.25) is 0 Å². The number of carbonyl (C=O) groups excluding carboxylic acids is 11. The molecule has 754 valence electrons. The van der Waals surface area contributed by atoms with Gasteiger partial charge in [0.2, 0.25) is 41.1 Å². The van der Waals surface area contributed by atoms with Crippen molar-refractivity contribution in [2.24, 2.45) is 0 Å². The molecular weight excluding hydrogens is 1930 g/mol. The molecule has 0 amide bonds. The molecule has 0 spiro atoms. The molecular formula is C97H79NO47. The smallest absolute Gasteiger partial charge is 0.343 e. The SMILES string of the molecule is CCC(=O)C(CC(C)N(C)C)(c1ccccc1)c1ccccc1.O=C(OC[C@H]1O[C@@H](OC(=O)c2cc(O)c(O)c(OC(=O)c3cc(O)c(O)c(O)c3)c2)[C@H](OC(=O)c2cc(O)c(O)c(OC(=O)c3cc(O)c(O)c(O)c3)c2)[C@@H](OC(=O)c2cc(O)c(O)c(OC(=O)c3cc(O)c(O)c(O)c3)c2)[C@@H]1OC(=O)c1cc(O)c(O)c(OC(=O)c2cc(O)c(O)c(O)c2)c1)c1cc(O)c(O)c(OC(=O)c2cc(O)c(O)c(O)c2)c1. The van der Waals surface area contributed by atoms with Crippen LogP contribution in [0, 0.1) is 0 Å². The van der Waals surface area contributed by atoms with Crippen molar-refractivity contribution in [1.82, 2.24) is 4.90 Å². The molecule has 0 bridgehead atoms. The number of esters is 10. The van der Waals surface area contributed by atoms with Crippen molar-refractivity contribution in [3.63, 3.8) is 0 Å². The Labute approximate surface area is 810 Å². The van der Waals surface area contributed by atoms with E-state index in [0.717, 1.165) is 17.5 Å². The lowest BCUT2D eigenvalue weighted by atomic mass is 9.67. The van der Waals surface area contributed by atoms with Gasteiger partial charge in [-0.2, -0.15) is 0 Å². The van der Waals surface area contributed by atoms with Gasteiger partial charge < -0.3 is 185 Å². The first-order valence-electron chi connectivity index (χ1n) is 41.5. The third kappa shape index (κ3) is 22.5. The van der Waals surface area contributed by atoms with E-state index in [1.165, 1.54) is 0 Å². The Morgan fingerprint density at radius 1 is 0.283 bits per heavy atom. The van der Waals surface area contributed by atoms with E-state index >= 15 is 14.4 Å². The highest BCUT2D eigenvalue weighted by atomic mass is 16.8. The zero-order valence-electron chi connectivity index (χ0n) is 74.5. The molecule has 1 fully saturated rings. The number of hydrogen-bond donors (Lipinski definition) is 25. The van der Waals surface area contributed by atoms with E-state index in [2.05, 4.69) is 50.2 Å². The number of nitrogens with zero attached hydrogens (tertiary/aromatic N) is 1. The van der Waals surface area contributed by atoms with E-state index in [9.17, 15) is 166 Å². The number of aromatic hydroxyl groups is 25. The van der Waals surface area contributed by atoms with Crippen molar-refractivity contribution in [2.45, 2.75) is 68.9 Å². The van der Waals surface area contributed by atoms with Crippen LogP contribution in [-0.4, -0.2) is 255 Å². The number of hydrogen-bond acceptors (Lipinski definition) is 48. The van der Waals surface area contributed by atoms with Gasteiger partial charge in [0.05, 0.1) is 61.0 Å². The van der Waals surface area contributed by atoms with E-state index in [1.807, 2.05) is 43.3 Å². The average Bonchev–Trinajstić information content (AvgIpc) is 0.754. The predicted molar refractivity (Wildman–Crippen MR) is 480 cm³/mol. The quantitative estimate of drug-likeness (QED) is 0.00940. The van der Waals surface area contributed by atoms with Crippen LogP contribution >= 0.6 is 0 Å². The zero-order chi connectivity index (χ0) is 106. The van der Waals surface area contributed by atoms with E-state index in [1.54, 1.807) is 0 Å². The van der Waals surface area contributed by atoms with Gasteiger partial charge in [-0.3, -0.25) is 4.79 Å². The number of Topliss-reactive ketones (excluding diaryl/α,β-unsaturated/α-hetero) is 1. The molecule has 48 nitrogen and oxygen atoms in total. The van der Waals surface area contributed by atoms with Crippen LogP contribution in [-0.2, 0) is 38.6 Å². The first-order valence-corrected chi connectivity index (χ1v) is 41.5. The van der Waals surface area contributed by atoms with Crippen molar-refractivity contribution >= 4 is 65.5 Å². The van der Waals surface area contributed by atoms with Crippen LogP contribution in [0.5, 0.6) is 172 Å².